The number of ether oxygens (including phenoxy) is 2. The first-order valence-corrected chi connectivity index (χ1v) is 13.3. The Balaban J connectivity index is 1.31. The number of aromatic nitrogens is 1. The second-order valence-electron chi connectivity index (χ2n) is 10.7. The molecule has 6 heteroatoms. The van der Waals surface area contributed by atoms with Gasteiger partial charge in [-0.3, -0.25) is 9.78 Å². The lowest BCUT2D eigenvalue weighted by atomic mass is 9.88. The van der Waals surface area contributed by atoms with Gasteiger partial charge in [-0.05, 0) is 90.8 Å². The van der Waals surface area contributed by atoms with E-state index in [0.29, 0.717) is 30.1 Å². The van der Waals surface area contributed by atoms with Gasteiger partial charge >= 0.3 is 5.97 Å². The van der Waals surface area contributed by atoms with Gasteiger partial charge < -0.3 is 14.6 Å². The number of pyridine rings is 1. The van der Waals surface area contributed by atoms with Crippen LogP contribution >= 0.6 is 0 Å². The zero-order valence-electron chi connectivity index (χ0n) is 22.3. The van der Waals surface area contributed by atoms with Gasteiger partial charge in [0, 0.05) is 41.1 Å². The molecule has 0 saturated heterocycles. The normalized spacial score (nSPS) is 17.4. The number of hydrogen-bond donors (Lipinski definition) is 1. The van der Waals surface area contributed by atoms with Gasteiger partial charge in [-0.25, -0.2) is 4.39 Å². The van der Waals surface area contributed by atoms with E-state index in [2.05, 4.69) is 37.0 Å². The van der Waals surface area contributed by atoms with Crippen molar-refractivity contribution < 1.29 is 23.8 Å². The standard InChI is InChI=1S/C33H30FNO4/c1-18-10-22(16-35-15-18)21-11-19(2)32(20(3)12-21)26-6-8-28(34)33-27(26)7-9-29(33)39-24-4-5-25-23(13-31(36)37)17-38-30(25)14-24/h4-6,8,10-12,14-16,23,29H,7,9,13,17H2,1-3H3,(H,36,37). The molecule has 2 aliphatic rings. The molecule has 6 rings (SSSR count). The van der Waals surface area contributed by atoms with E-state index < -0.39 is 12.1 Å². The van der Waals surface area contributed by atoms with Crippen molar-refractivity contribution in [2.45, 2.75) is 52.1 Å². The predicted octanol–water partition coefficient (Wildman–Crippen LogP) is 7.50. The summed E-state index contributed by atoms with van der Waals surface area (Å²) in [5.74, 6) is -0.0400. The Hall–Kier alpha value is -4.19. The molecule has 2 heterocycles. The van der Waals surface area contributed by atoms with E-state index in [0.717, 1.165) is 56.5 Å². The van der Waals surface area contributed by atoms with Crippen molar-refractivity contribution in [1.29, 1.82) is 0 Å². The summed E-state index contributed by atoms with van der Waals surface area (Å²) in [7, 11) is 0. The number of hydrogen-bond acceptors (Lipinski definition) is 4. The molecule has 0 fully saturated rings. The van der Waals surface area contributed by atoms with Crippen LogP contribution in [0.2, 0.25) is 0 Å². The van der Waals surface area contributed by atoms with Crippen LogP contribution in [0.15, 0.2) is 60.9 Å². The van der Waals surface area contributed by atoms with Crippen molar-refractivity contribution >= 4 is 5.97 Å². The van der Waals surface area contributed by atoms with E-state index in [9.17, 15) is 4.79 Å². The number of aliphatic carboxylic acids is 1. The van der Waals surface area contributed by atoms with Gasteiger partial charge in [-0.2, -0.15) is 0 Å². The number of carbonyl (C=O) groups is 1. The SMILES string of the molecule is Cc1cncc(-c2cc(C)c(-c3ccc(F)c4c3CCC4Oc3ccc4c(c3)OCC4CC(=O)O)c(C)c2)c1. The quantitative estimate of drug-likeness (QED) is 0.283. The summed E-state index contributed by atoms with van der Waals surface area (Å²) in [6, 6.07) is 15.4. The third kappa shape index (κ3) is 4.65. The molecule has 0 bridgehead atoms. The third-order valence-corrected chi connectivity index (χ3v) is 7.86. The fourth-order valence-corrected chi connectivity index (χ4v) is 6.17. The van der Waals surface area contributed by atoms with Crippen molar-refractivity contribution in [3.05, 3.63) is 100 Å². The minimum Gasteiger partial charge on any atom is -0.492 e. The molecule has 1 N–H and O–H groups in total. The molecular formula is C33H30FNO4. The minimum absolute atomic E-state index is 0.0267. The van der Waals surface area contributed by atoms with E-state index in [1.807, 2.05) is 37.5 Å². The number of rotatable bonds is 6. The second kappa shape index (κ2) is 9.84. The molecule has 2 atom stereocenters. The minimum atomic E-state index is -0.849. The largest absolute Gasteiger partial charge is 0.492 e. The number of aryl methyl sites for hydroxylation is 3. The number of halogens is 1. The van der Waals surface area contributed by atoms with Crippen molar-refractivity contribution in [2.24, 2.45) is 0 Å². The highest BCUT2D eigenvalue weighted by molar-refractivity contribution is 5.79. The van der Waals surface area contributed by atoms with E-state index in [1.165, 1.54) is 0 Å². The predicted molar refractivity (Wildman–Crippen MR) is 148 cm³/mol. The topological polar surface area (TPSA) is 68.7 Å². The monoisotopic (exact) mass is 523 g/mol. The van der Waals surface area contributed by atoms with Gasteiger partial charge in [0.05, 0.1) is 13.0 Å². The van der Waals surface area contributed by atoms with Crippen LogP contribution in [0.4, 0.5) is 4.39 Å². The lowest BCUT2D eigenvalue weighted by Crippen LogP contribution is -2.07. The average Bonchev–Trinajstić information content (AvgIpc) is 3.49. The first-order chi connectivity index (χ1) is 18.8. The van der Waals surface area contributed by atoms with Crippen LogP contribution in [0.3, 0.4) is 0 Å². The molecule has 0 spiro atoms. The van der Waals surface area contributed by atoms with Crippen LogP contribution in [0, 0.1) is 26.6 Å². The van der Waals surface area contributed by atoms with Gasteiger partial charge in [-0.1, -0.05) is 24.3 Å². The average molecular weight is 524 g/mol. The fourth-order valence-electron chi connectivity index (χ4n) is 6.17. The molecule has 1 aliphatic carbocycles. The zero-order chi connectivity index (χ0) is 27.3. The Morgan fingerprint density at radius 3 is 2.59 bits per heavy atom. The van der Waals surface area contributed by atoms with Crippen LogP contribution in [0.25, 0.3) is 22.3 Å². The van der Waals surface area contributed by atoms with E-state index >= 15 is 4.39 Å². The highest BCUT2D eigenvalue weighted by Crippen LogP contribution is 2.45. The molecule has 1 aromatic heterocycles. The Labute approximate surface area is 227 Å². The summed E-state index contributed by atoms with van der Waals surface area (Å²) in [4.78, 5) is 15.5. The highest BCUT2D eigenvalue weighted by atomic mass is 19.1. The molecular weight excluding hydrogens is 493 g/mol. The molecule has 0 radical (unpaired) electrons. The maximum atomic E-state index is 15.3. The summed E-state index contributed by atoms with van der Waals surface area (Å²) in [6.45, 7) is 6.59. The van der Waals surface area contributed by atoms with Gasteiger partial charge in [0.2, 0.25) is 0 Å². The number of fused-ring (bicyclic) bond motifs is 2. The second-order valence-corrected chi connectivity index (χ2v) is 10.7. The molecule has 198 valence electrons. The van der Waals surface area contributed by atoms with Crippen molar-refractivity contribution in [2.75, 3.05) is 6.61 Å². The summed E-state index contributed by atoms with van der Waals surface area (Å²) in [5, 5.41) is 9.16. The number of carboxylic acid groups (broad SMARTS) is 1. The lowest BCUT2D eigenvalue weighted by molar-refractivity contribution is -0.137. The number of nitrogens with zero attached hydrogens (tertiary/aromatic N) is 1. The maximum Gasteiger partial charge on any atom is 0.304 e. The van der Waals surface area contributed by atoms with Gasteiger partial charge in [0.15, 0.2) is 0 Å². The lowest BCUT2D eigenvalue weighted by Gasteiger charge is -2.19. The maximum absolute atomic E-state index is 15.3. The Bertz CT molecular complexity index is 1590. The van der Waals surface area contributed by atoms with E-state index in [-0.39, 0.29) is 18.2 Å². The molecule has 4 aromatic rings. The fraction of sp³-hybridized carbons (Fsp3) is 0.273. The third-order valence-electron chi connectivity index (χ3n) is 7.86. The molecule has 1 aliphatic heterocycles. The van der Waals surface area contributed by atoms with Crippen molar-refractivity contribution in [1.82, 2.24) is 4.98 Å². The number of benzene rings is 3. The molecule has 2 unspecified atom stereocenters. The van der Waals surface area contributed by atoms with E-state index in [4.69, 9.17) is 14.6 Å². The Kier molecular flexibility index (Phi) is 6.34. The zero-order valence-corrected chi connectivity index (χ0v) is 22.3. The summed E-state index contributed by atoms with van der Waals surface area (Å²) < 4.78 is 27.3. The molecule has 5 nitrogen and oxygen atoms in total. The summed E-state index contributed by atoms with van der Waals surface area (Å²) >= 11 is 0. The van der Waals surface area contributed by atoms with Crippen LogP contribution < -0.4 is 9.47 Å². The molecule has 0 saturated carbocycles. The summed E-state index contributed by atoms with van der Waals surface area (Å²) in [6.07, 6.45) is 4.75. The number of carboxylic acids is 1. The van der Waals surface area contributed by atoms with Crippen LogP contribution in [-0.4, -0.2) is 22.7 Å². The van der Waals surface area contributed by atoms with Crippen molar-refractivity contribution in [3.63, 3.8) is 0 Å². The first kappa shape index (κ1) is 25.1. The Morgan fingerprint density at radius 1 is 1.05 bits per heavy atom. The molecule has 3 aromatic carbocycles. The van der Waals surface area contributed by atoms with Crippen LogP contribution in [-0.2, 0) is 11.2 Å². The van der Waals surface area contributed by atoms with Gasteiger partial charge in [0.25, 0.3) is 0 Å². The molecule has 39 heavy (non-hydrogen) atoms. The van der Waals surface area contributed by atoms with E-state index in [1.54, 1.807) is 12.1 Å². The van der Waals surface area contributed by atoms with Crippen LogP contribution in [0.1, 0.15) is 58.2 Å². The van der Waals surface area contributed by atoms with Crippen LogP contribution in [0.5, 0.6) is 11.5 Å². The summed E-state index contributed by atoms with van der Waals surface area (Å²) in [5.41, 5.74) is 10.3. The highest BCUT2D eigenvalue weighted by Gasteiger charge is 2.32. The van der Waals surface area contributed by atoms with Gasteiger partial charge in [-0.15, -0.1) is 0 Å². The smallest absolute Gasteiger partial charge is 0.304 e. The Morgan fingerprint density at radius 2 is 1.85 bits per heavy atom. The molecule has 0 amide bonds. The first-order valence-electron chi connectivity index (χ1n) is 13.3. The van der Waals surface area contributed by atoms with Gasteiger partial charge in [0.1, 0.15) is 23.4 Å². The van der Waals surface area contributed by atoms with Crippen molar-refractivity contribution in [3.8, 4) is 33.8 Å².